The van der Waals surface area contributed by atoms with Gasteiger partial charge in [0.1, 0.15) is 0 Å². The monoisotopic (exact) mass is 404 g/mol. The second-order valence-electron chi connectivity index (χ2n) is 6.28. The molecule has 0 aromatic carbocycles. The summed E-state index contributed by atoms with van der Waals surface area (Å²) >= 11 is 0. The van der Waals surface area contributed by atoms with E-state index in [1.807, 2.05) is 13.8 Å². The van der Waals surface area contributed by atoms with Crippen LogP contribution in [0, 0.1) is 23.7 Å². The molecule has 160 valence electrons. The maximum atomic E-state index is 12.2. The van der Waals surface area contributed by atoms with Crippen LogP contribution in [0.1, 0.15) is 40.5 Å². The Morgan fingerprint density at radius 2 is 1.14 bits per heavy atom. The summed E-state index contributed by atoms with van der Waals surface area (Å²) in [5, 5.41) is 0. The number of carbonyl (C=O) groups is 4. The summed E-state index contributed by atoms with van der Waals surface area (Å²) in [5.41, 5.74) is 0. The Bertz CT molecular complexity index is 504. The molecule has 0 heterocycles. The van der Waals surface area contributed by atoms with Crippen LogP contribution in [-0.2, 0) is 38.0 Å². The first-order valence-electron chi connectivity index (χ1n) is 9.27. The van der Waals surface area contributed by atoms with Crippen LogP contribution in [0.2, 0.25) is 0 Å². The predicted octanol–water partition coefficient (Wildman–Crippen LogP) is 2.63. The molecule has 0 N–H and O–H groups in total. The largest absolute Gasteiger partial charge is 0.511 e. The van der Waals surface area contributed by atoms with Crippen molar-refractivity contribution in [2.45, 2.75) is 40.5 Å². The quantitative estimate of drug-likeness (QED) is 0.288. The number of carbonyl (C=O) groups excluding carboxylic acids is 4. The van der Waals surface area contributed by atoms with Gasteiger partial charge in [0.2, 0.25) is 13.6 Å². The van der Waals surface area contributed by atoms with Crippen LogP contribution >= 0.6 is 0 Å². The molecular formula is C18H28O10. The summed E-state index contributed by atoms with van der Waals surface area (Å²) in [5.74, 6) is -2.67. The van der Waals surface area contributed by atoms with Gasteiger partial charge in [-0.15, -0.1) is 0 Å². The predicted molar refractivity (Wildman–Crippen MR) is 92.7 cm³/mol. The first-order chi connectivity index (χ1) is 13.3. The van der Waals surface area contributed by atoms with Gasteiger partial charge < -0.3 is 28.4 Å². The number of hydrogen-bond donors (Lipinski definition) is 0. The zero-order valence-electron chi connectivity index (χ0n) is 16.6. The maximum Gasteiger partial charge on any atom is 0.511 e. The molecule has 0 aliphatic heterocycles. The molecule has 0 aromatic heterocycles. The third-order valence-electron chi connectivity index (χ3n) is 4.36. The van der Waals surface area contributed by atoms with Crippen molar-refractivity contribution >= 4 is 24.2 Å². The van der Waals surface area contributed by atoms with E-state index in [0.717, 1.165) is 6.42 Å². The second kappa shape index (κ2) is 12.0. The Balaban J connectivity index is 2.53. The van der Waals surface area contributed by atoms with E-state index in [-0.39, 0.29) is 19.1 Å². The van der Waals surface area contributed by atoms with Crippen molar-refractivity contribution in [1.82, 2.24) is 0 Å². The van der Waals surface area contributed by atoms with Gasteiger partial charge in [0, 0.05) is 0 Å². The minimum absolute atomic E-state index is 0.133. The molecule has 1 fully saturated rings. The van der Waals surface area contributed by atoms with Gasteiger partial charge in [-0.05, 0) is 32.1 Å². The molecule has 0 spiro atoms. The fourth-order valence-electron chi connectivity index (χ4n) is 2.72. The average Bonchev–Trinajstić information content (AvgIpc) is 3.35. The van der Waals surface area contributed by atoms with Gasteiger partial charge in [0.05, 0.1) is 25.0 Å². The van der Waals surface area contributed by atoms with E-state index in [0.29, 0.717) is 12.3 Å². The summed E-state index contributed by atoms with van der Waals surface area (Å²) in [7, 11) is 0. The average molecular weight is 404 g/mol. The van der Waals surface area contributed by atoms with Crippen LogP contribution in [0.25, 0.3) is 0 Å². The molecule has 0 amide bonds. The molecule has 1 saturated carbocycles. The SMILES string of the molecule is CCOC(=O)OCOC(=O)[C@H]1C(C[C@H](C)CC)[C@@H]1C(=O)OCOC(=O)OCC. The molecule has 28 heavy (non-hydrogen) atoms. The third-order valence-corrected chi connectivity index (χ3v) is 4.36. The Hall–Kier alpha value is -2.52. The zero-order valence-corrected chi connectivity index (χ0v) is 16.6. The van der Waals surface area contributed by atoms with Crippen LogP contribution in [-0.4, -0.2) is 51.0 Å². The molecule has 10 nitrogen and oxygen atoms in total. The molecule has 0 aromatic rings. The van der Waals surface area contributed by atoms with Gasteiger partial charge in [-0.1, -0.05) is 20.3 Å². The number of hydrogen-bond acceptors (Lipinski definition) is 10. The molecule has 1 rings (SSSR count). The number of rotatable bonds is 11. The van der Waals surface area contributed by atoms with E-state index in [4.69, 9.17) is 9.47 Å². The van der Waals surface area contributed by atoms with Crippen molar-refractivity contribution in [3.63, 3.8) is 0 Å². The van der Waals surface area contributed by atoms with Crippen LogP contribution in [0.5, 0.6) is 0 Å². The second-order valence-corrected chi connectivity index (χ2v) is 6.28. The normalized spacial score (nSPS) is 21.1. The first-order valence-corrected chi connectivity index (χ1v) is 9.27. The van der Waals surface area contributed by atoms with E-state index < -0.39 is 49.7 Å². The summed E-state index contributed by atoms with van der Waals surface area (Å²) < 4.78 is 28.1. The minimum Gasteiger partial charge on any atom is -0.435 e. The molecule has 1 aliphatic rings. The highest BCUT2D eigenvalue weighted by Gasteiger charge is 2.60. The van der Waals surface area contributed by atoms with Crippen LogP contribution < -0.4 is 0 Å². The van der Waals surface area contributed by atoms with Crippen molar-refractivity contribution in [2.75, 3.05) is 26.8 Å². The van der Waals surface area contributed by atoms with Crippen molar-refractivity contribution in [3.05, 3.63) is 0 Å². The summed E-state index contributed by atoms with van der Waals surface area (Å²) in [6.45, 7) is 6.31. The third kappa shape index (κ3) is 7.61. The van der Waals surface area contributed by atoms with Gasteiger partial charge >= 0.3 is 24.2 Å². The van der Waals surface area contributed by atoms with Crippen molar-refractivity contribution in [1.29, 1.82) is 0 Å². The van der Waals surface area contributed by atoms with Gasteiger partial charge in [-0.2, -0.15) is 0 Å². The lowest BCUT2D eigenvalue weighted by Gasteiger charge is -2.08. The van der Waals surface area contributed by atoms with Crippen LogP contribution in [0.15, 0.2) is 0 Å². The Labute approximate surface area is 163 Å². The Morgan fingerprint density at radius 3 is 1.50 bits per heavy atom. The van der Waals surface area contributed by atoms with Crippen LogP contribution in [0.3, 0.4) is 0 Å². The standard InChI is InChI=1S/C18H28O10/c1-5-11(4)8-12-13(15(19)25-9-27-17(21)23-6-2)14(12)16(20)26-10-28-18(22)24-7-3/h11-14H,5-10H2,1-4H3/t11-,13+,14+/m1/s1. The highest BCUT2D eigenvalue weighted by Crippen LogP contribution is 2.51. The Morgan fingerprint density at radius 1 is 0.714 bits per heavy atom. The van der Waals surface area contributed by atoms with E-state index in [2.05, 4.69) is 18.9 Å². The topological polar surface area (TPSA) is 124 Å². The highest BCUT2D eigenvalue weighted by molar-refractivity contribution is 5.88. The van der Waals surface area contributed by atoms with E-state index in [1.54, 1.807) is 13.8 Å². The van der Waals surface area contributed by atoms with Crippen LogP contribution in [0.4, 0.5) is 9.59 Å². The van der Waals surface area contributed by atoms with Gasteiger partial charge in [0.25, 0.3) is 0 Å². The fourth-order valence-corrected chi connectivity index (χ4v) is 2.72. The zero-order chi connectivity index (χ0) is 21.1. The maximum absolute atomic E-state index is 12.2. The highest BCUT2D eigenvalue weighted by atomic mass is 16.8. The molecule has 3 atom stereocenters. The number of esters is 2. The molecular weight excluding hydrogens is 376 g/mol. The molecule has 0 unspecified atom stereocenters. The summed E-state index contributed by atoms with van der Waals surface area (Å²) in [6.07, 6.45) is -0.380. The molecule has 1 aliphatic carbocycles. The molecule has 0 bridgehead atoms. The molecule has 0 radical (unpaired) electrons. The smallest absolute Gasteiger partial charge is 0.435 e. The van der Waals surface area contributed by atoms with E-state index in [1.165, 1.54) is 0 Å². The van der Waals surface area contributed by atoms with Gasteiger partial charge in [-0.3, -0.25) is 9.59 Å². The van der Waals surface area contributed by atoms with Gasteiger partial charge in [0.15, 0.2) is 0 Å². The lowest BCUT2D eigenvalue weighted by molar-refractivity contribution is -0.161. The van der Waals surface area contributed by atoms with E-state index >= 15 is 0 Å². The van der Waals surface area contributed by atoms with Gasteiger partial charge in [-0.25, -0.2) is 9.59 Å². The summed E-state index contributed by atoms with van der Waals surface area (Å²) in [4.78, 5) is 46.7. The van der Waals surface area contributed by atoms with Crippen molar-refractivity contribution in [2.24, 2.45) is 23.7 Å². The minimum atomic E-state index is -0.950. The first kappa shape index (κ1) is 23.5. The van der Waals surface area contributed by atoms with Crippen molar-refractivity contribution < 1.29 is 47.6 Å². The van der Waals surface area contributed by atoms with Crippen molar-refractivity contribution in [3.8, 4) is 0 Å². The fraction of sp³-hybridized carbons (Fsp3) is 0.778. The number of ether oxygens (including phenoxy) is 6. The van der Waals surface area contributed by atoms with E-state index in [9.17, 15) is 19.2 Å². The lowest BCUT2D eigenvalue weighted by atomic mass is 10.0. The molecule has 0 saturated heterocycles. The lowest BCUT2D eigenvalue weighted by Crippen LogP contribution is -2.18. The summed E-state index contributed by atoms with van der Waals surface area (Å²) in [6, 6.07) is 0. The molecule has 10 heteroatoms. The Kier molecular flexibility index (Phi) is 10.1.